The third-order valence-electron chi connectivity index (χ3n) is 5.04. The first-order chi connectivity index (χ1) is 15.2. The minimum Gasteiger partial charge on any atom is -0.492 e. The molecule has 8 heteroatoms. The van der Waals surface area contributed by atoms with Crippen LogP contribution >= 0.6 is 11.6 Å². The van der Waals surface area contributed by atoms with Gasteiger partial charge < -0.3 is 19.6 Å². The van der Waals surface area contributed by atoms with Crippen LogP contribution in [0.1, 0.15) is 30.1 Å². The number of fused-ring (bicyclic) bond motifs is 2. The molecule has 0 aliphatic carbocycles. The Bertz CT molecular complexity index is 1330. The van der Waals surface area contributed by atoms with Crippen LogP contribution in [0.15, 0.2) is 59.0 Å². The summed E-state index contributed by atoms with van der Waals surface area (Å²) in [5.74, 6) is -0.804. The number of nitrogens with zero attached hydrogens (tertiary/aromatic N) is 1. The van der Waals surface area contributed by atoms with Crippen molar-refractivity contribution < 1.29 is 23.8 Å². The van der Waals surface area contributed by atoms with Gasteiger partial charge in [-0.1, -0.05) is 41.9 Å². The van der Waals surface area contributed by atoms with Crippen molar-refractivity contribution in [2.45, 2.75) is 25.8 Å². The Labute approximate surface area is 189 Å². The van der Waals surface area contributed by atoms with E-state index >= 15 is 0 Å². The topological polar surface area (TPSA) is 102 Å². The van der Waals surface area contributed by atoms with Crippen LogP contribution in [-0.2, 0) is 11.2 Å². The maximum atomic E-state index is 12.9. The van der Waals surface area contributed by atoms with Gasteiger partial charge in [0, 0.05) is 16.5 Å². The molecule has 7 nitrogen and oxygen atoms in total. The molecule has 0 spiro atoms. The number of amides is 1. The smallest absolute Gasteiger partial charge is 0.328 e. The molecular formula is C24H21ClN2O5. The molecule has 0 radical (unpaired) electrons. The summed E-state index contributed by atoms with van der Waals surface area (Å²) in [6.07, 6.45) is 0.372. The molecule has 1 amide bonds. The summed E-state index contributed by atoms with van der Waals surface area (Å²) in [5.41, 5.74) is 0.112. The fourth-order valence-electron chi connectivity index (χ4n) is 3.28. The highest BCUT2D eigenvalue weighted by Gasteiger charge is 2.30. The van der Waals surface area contributed by atoms with Crippen LogP contribution in [0, 0.1) is 0 Å². The number of carboxylic acid groups (broad SMARTS) is 1. The second kappa shape index (κ2) is 8.51. The van der Waals surface area contributed by atoms with E-state index in [4.69, 9.17) is 20.8 Å². The maximum absolute atomic E-state index is 12.9. The van der Waals surface area contributed by atoms with E-state index in [2.05, 4.69) is 10.3 Å². The average Bonchev–Trinajstić information content (AvgIpc) is 3.15. The molecule has 4 rings (SSSR count). The van der Waals surface area contributed by atoms with Gasteiger partial charge in [-0.05, 0) is 37.4 Å². The van der Waals surface area contributed by atoms with Gasteiger partial charge in [-0.15, -0.1) is 0 Å². The van der Waals surface area contributed by atoms with Crippen LogP contribution in [0.4, 0.5) is 0 Å². The zero-order valence-corrected chi connectivity index (χ0v) is 18.3. The highest BCUT2D eigenvalue weighted by Crippen LogP contribution is 2.31. The van der Waals surface area contributed by atoms with Crippen LogP contribution < -0.4 is 10.1 Å². The molecule has 0 fully saturated rings. The van der Waals surface area contributed by atoms with Crippen molar-refractivity contribution >= 4 is 45.3 Å². The van der Waals surface area contributed by atoms with E-state index in [-0.39, 0.29) is 12.2 Å². The number of ether oxygens (including phenoxy) is 1. The van der Waals surface area contributed by atoms with Gasteiger partial charge in [0.2, 0.25) is 0 Å². The number of oxazole rings is 1. The molecule has 4 aromatic rings. The van der Waals surface area contributed by atoms with Crippen molar-refractivity contribution in [2.24, 2.45) is 0 Å². The Balaban J connectivity index is 1.60. The number of hydrogen-bond acceptors (Lipinski definition) is 5. The van der Waals surface area contributed by atoms with Crippen molar-refractivity contribution in [1.29, 1.82) is 0 Å². The summed E-state index contributed by atoms with van der Waals surface area (Å²) in [5, 5.41) is 14.1. The minimum atomic E-state index is -1.43. The average molecular weight is 453 g/mol. The quantitative estimate of drug-likeness (QED) is 0.415. The molecule has 164 valence electrons. The predicted octanol–water partition coefficient (Wildman–Crippen LogP) is 4.85. The lowest BCUT2D eigenvalue weighted by molar-refractivity contribution is -0.143. The SMILES string of the molecule is CC(C)(NC(=O)c1ccc2ccccc2c1OCCc1nc2ccc(Cl)cc2o1)C(=O)O. The van der Waals surface area contributed by atoms with Gasteiger partial charge in [0.25, 0.3) is 5.91 Å². The van der Waals surface area contributed by atoms with Crippen LogP contribution in [0.3, 0.4) is 0 Å². The Morgan fingerprint density at radius 2 is 1.94 bits per heavy atom. The van der Waals surface area contributed by atoms with Gasteiger partial charge in [0.15, 0.2) is 11.5 Å². The molecule has 0 aliphatic rings. The van der Waals surface area contributed by atoms with Crippen molar-refractivity contribution in [3.8, 4) is 5.75 Å². The largest absolute Gasteiger partial charge is 0.492 e. The van der Waals surface area contributed by atoms with Gasteiger partial charge >= 0.3 is 5.97 Å². The summed E-state index contributed by atoms with van der Waals surface area (Å²) in [7, 11) is 0. The number of carboxylic acids is 1. The van der Waals surface area contributed by atoms with Gasteiger partial charge in [-0.25, -0.2) is 9.78 Å². The minimum absolute atomic E-state index is 0.206. The second-order valence-electron chi connectivity index (χ2n) is 7.87. The lowest BCUT2D eigenvalue weighted by Crippen LogP contribution is -2.49. The van der Waals surface area contributed by atoms with Crippen LogP contribution in [0.25, 0.3) is 21.9 Å². The number of nitrogens with one attached hydrogen (secondary N) is 1. The van der Waals surface area contributed by atoms with Crippen molar-refractivity contribution in [2.75, 3.05) is 6.61 Å². The van der Waals surface area contributed by atoms with E-state index in [1.165, 1.54) is 13.8 Å². The molecule has 3 aromatic carbocycles. The second-order valence-corrected chi connectivity index (χ2v) is 8.30. The van der Waals surface area contributed by atoms with Gasteiger partial charge in [0.1, 0.15) is 16.8 Å². The third kappa shape index (κ3) is 4.38. The van der Waals surface area contributed by atoms with Crippen LogP contribution in [-0.4, -0.2) is 34.1 Å². The molecule has 1 aromatic heterocycles. The number of hydrogen-bond donors (Lipinski definition) is 2. The summed E-state index contributed by atoms with van der Waals surface area (Å²) < 4.78 is 11.8. The zero-order valence-electron chi connectivity index (χ0n) is 17.5. The van der Waals surface area contributed by atoms with E-state index in [1.54, 1.807) is 30.3 Å². The molecule has 0 aliphatic heterocycles. The molecular weight excluding hydrogens is 432 g/mol. The molecule has 0 unspecified atom stereocenters. The fraction of sp³-hybridized carbons (Fsp3) is 0.208. The van der Waals surface area contributed by atoms with E-state index in [0.29, 0.717) is 34.2 Å². The van der Waals surface area contributed by atoms with Gasteiger partial charge in [-0.3, -0.25) is 4.79 Å². The molecule has 2 N–H and O–H groups in total. The van der Waals surface area contributed by atoms with Crippen molar-refractivity contribution in [1.82, 2.24) is 10.3 Å². The number of aliphatic carboxylic acids is 1. The number of benzene rings is 3. The number of halogens is 1. The first kappa shape index (κ1) is 21.6. The summed E-state index contributed by atoms with van der Waals surface area (Å²) in [4.78, 5) is 28.8. The maximum Gasteiger partial charge on any atom is 0.328 e. The first-order valence-corrected chi connectivity index (χ1v) is 10.4. The van der Waals surface area contributed by atoms with Gasteiger partial charge in [0.05, 0.1) is 18.6 Å². The zero-order chi connectivity index (χ0) is 22.9. The molecule has 0 atom stereocenters. The van der Waals surface area contributed by atoms with Crippen molar-refractivity contribution in [3.63, 3.8) is 0 Å². The Hall–Kier alpha value is -3.58. The Morgan fingerprint density at radius 3 is 2.72 bits per heavy atom. The van der Waals surface area contributed by atoms with E-state index in [0.717, 1.165) is 10.8 Å². The Kier molecular flexibility index (Phi) is 5.76. The number of carbonyl (C=O) groups excluding carboxylic acids is 1. The highest BCUT2D eigenvalue weighted by molar-refractivity contribution is 6.31. The standard InChI is InChI=1S/C24H21ClN2O5/c1-24(2,23(29)30)27-22(28)17-9-7-14-5-3-4-6-16(14)21(17)31-12-11-20-26-18-10-8-15(25)13-19(18)32-20/h3-10,13H,11-12H2,1-2H3,(H,27,28)(H,29,30). The van der Waals surface area contributed by atoms with E-state index in [9.17, 15) is 14.7 Å². The first-order valence-electron chi connectivity index (χ1n) is 10.00. The number of aromatic nitrogens is 1. The molecule has 1 heterocycles. The monoisotopic (exact) mass is 452 g/mol. The number of carbonyl (C=O) groups is 2. The lowest BCUT2D eigenvalue weighted by atomic mass is 10.0. The fourth-order valence-corrected chi connectivity index (χ4v) is 3.44. The van der Waals surface area contributed by atoms with E-state index in [1.807, 2.05) is 24.3 Å². The highest BCUT2D eigenvalue weighted by atomic mass is 35.5. The number of rotatable bonds is 7. The Morgan fingerprint density at radius 1 is 1.16 bits per heavy atom. The molecule has 0 saturated heterocycles. The summed E-state index contributed by atoms with van der Waals surface area (Å²) in [6.45, 7) is 3.06. The molecule has 32 heavy (non-hydrogen) atoms. The lowest BCUT2D eigenvalue weighted by Gasteiger charge is -2.22. The molecule has 0 saturated carbocycles. The summed E-state index contributed by atoms with van der Waals surface area (Å²) in [6, 6.07) is 16.2. The van der Waals surface area contributed by atoms with Crippen molar-refractivity contribution in [3.05, 3.63) is 71.1 Å². The van der Waals surface area contributed by atoms with Gasteiger partial charge in [-0.2, -0.15) is 0 Å². The van der Waals surface area contributed by atoms with E-state index < -0.39 is 17.4 Å². The predicted molar refractivity (Wildman–Crippen MR) is 121 cm³/mol. The summed E-state index contributed by atoms with van der Waals surface area (Å²) >= 11 is 5.99. The third-order valence-corrected chi connectivity index (χ3v) is 5.28. The van der Waals surface area contributed by atoms with Crippen LogP contribution in [0.5, 0.6) is 5.75 Å². The normalized spacial score (nSPS) is 11.6. The van der Waals surface area contributed by atoms with Crippen LogP contribution in [0.2, 0.25) is 5.02 Å². The molecule has 0 bridgehead atoms.